The zero-order valence-electron chi connectivity index (χ0n) is 18.4. The summed E-state index contributed by atoms with van der Waals surface area (Å²) < 4.78 is 5.37. The average molecular weight is 447 g/mol. The molecule has 1 unspecified atom stereocenters. The number of amides is 3. The Kier molecular flexibility index (Phi) is 11.2. The van der Waals surface area contributed by atoms with Crippen LogP contribution >= 0.6 is 0 Å². The van der Waals surface area contributed by atoms with E-state index in [1.54, 1.807) is 13.2 Å². The van der Waals surface area contributed by atoms with Crippen LogP contribution in [0.1, 0.15) is 20.3 Å². The lowest BCUT2D eigenvalue weighted by molar-refractivity contribution is -0.127. The number of fused-ring (bicyclic) bond motifs is 1. The Morgan fingerprint density at radius 2 is 1.72 bits per heavy atom. The van der Waals surface area contributed by atoms with Gasteiger partial charge in [-0.1, -0.05) is 38.1 Å². The first-order valence-electron chi connectivity index (χ1n) is 9.96. The molecule has 2 aromatic carbocycles. The topological polar surface area (TPSA) is 160 Å². The molecule has 2 aromatic rings. The molecule has 3 amide bonds. The molecule has 0 spiro atoms. The monoisotopic (exact) mass is 446 g/mol. The minimum absolute atomic E-state index is 0.220. The van der Waals surface area contributed by atoms with E-state index in [0.717, 1.165) is 10.8 Å². The normalized spacial score (nSPS) is 11.0. The van der Waals surface area contributed by atoms with E-state index in [1.165, 1.54) is 0 Å². The number of carbonyl (C=O) groups excluding carboxylic acids is 3. The van der Waals surface area contributed by atoms with Crippen LogP contribution in [0.3, 0.4) is 0 Å². The van der Waals surface area contributed by atoms with Gasteiger partial charge in [0.25, 0.3) is 6.47 Å². The maximum Gasteiger partial charge on any atom is 0.290 e. The van der Waals surface area contributed by atoms with Crippen LogP contribution in [0.25, 0.3) is 10.8 Å². The van der Waals surface area contributed by atoms with Crippen molar-refractivity contribution >= 4 is 40.7 Å². The molecular weight excluding hydrogens is 416 g/mol. The van der Waals surface area contributed by atoms with Crippen LogP contribution < -0.4 is 26.4 Å². The number of benzene rings is 2. The SMILES string of the molecule is COc1cc(NC(=O)CNC(=O)CNC(=O)C(N)CC(C)C)cc2ccccc12.O=CO. The summed E-state index contributed by atoms with van der Waals surface area (Å²) in [6, 6.07) is 10.5. The van der Waals surface area contributed by atoms with Crippen molar-refractivity contribution in [1.82, 2.24) is 10.6 Å². The third kappa shape index (κ3) is 9.00. The number of anilines is 1. The summed E-state index contributed by atoms with van der Waals surface area (Å²) in [5, 5.41) is 16.4. The van der Waals surface area contributed by atoms with E-state index in [4.69, 9.17) is 20.4 Å². The third-order valence-corrected chi connectivity index (χ3v) is 4.26. The lowest BCUT2D eigenvalue weighted by atomic mass is 10.0. The van der Waals surface area contributed by atoms with Crippen LogP contribution in [-0.2, 0) is 19.2 Å². The van der Waals surface area contributed by atoms with Gasteiger partial charge in [0, 0.05) is 17.1 Å². The summed E-state index contributed by atoms with van der Waals surface area (Å²) in [5.41, 5.74) is 6.32. The van der Waals surface area contributed by atoms with Crippen molar-refractivity contribution in [3.8, 4) is 5.75 Å². The van der Waals surface area contributed by atoms with Gasteiger partial charge in [0.05, 0.1) is 26.2 Å². The first-order valence-corrected chi connectivity index (χ1v) is 9.96. The molecule has 174 valence electrons. The van der Waals surface area contributed by atoms with E-state index < -0.39 is 17.9 Å². The predicted molar refractivity (Wildman–Crippen MR) is 121 cm³/mol. The zero-order valence-corrected chi connectivity index (χ0v) is 18.4. The van der Waals surface area contributed by atoms with E-state index in [-0.39, 0.29) is 31.4 Å². The van der Waals surface area contributed by atoms with Gasteiger partial charge in [-0.25, -0.2) is 0 Å². The van der Waals surface area contributed by atoms with E-state index in [2.05, 4.69) is 16.0 Å². The minimum atomic E-state index is -0.658. The Bertz CT molecular complexity index is 932. The zero-order chi connectivity index (χ0) is 24.1. The summed E-state index contributed by atoms with van der Waals surface area (Å²) >= 11 is 0. The fourth-order valence-electron chi connectivity index (χ4n) is 2.88. The summed E-state index contributed by atoms with van der Waals surface area (Å²) in [6.07, 6.45) is 0.533. The third-order valence-electron chi connectivity index (χ3n) is 4.26. The first-order chi connectivity index (χ1) is 15.2. The lowest BCUT2D eigenvalue weighted by Crippen LogP contribution is -2.46. The quantitative estimate of drug-likeness (QED) is 0.360. The van der Waals surface area contributed by atoms with E-state index in [9.17, 15) is 14.4 Å². The van der Waals surface area contributed by atoms with Gasteiger partial charge in [0.2, 0.25) is 17.7 Å². The smallest absolute Gasteiger partial charge is 0.290 e. The molecule has 0 aliphatic rings. The first kappa shape index (κ1) is 26.4. The summed E-state index contributed by atoms with van der Waals surface area (Å²) in [4.78, 5) is 44.2. The predicted octanol–water partition coefficient (Wildman–Crippen LogP) is 1.09. The van der Waals surface area contributed by atoms with Crippen molar-refractivity contribution in [2.24, 2.45) is 11.7 Å². The molecule has 6 N–H and O–H groups in total. The number of ether oxygens (including phenoxy) is 1. The van der Waals surface area contributed by atoms with Crippen LogP contribution in [0.5, 0.6) is 5.75 Å². The Morgan fingerprint density at radius 1 is 1.09 bits per heavy atom. The molecule has 0 saturated carbocycles. The molecule has 10 heteroatoms. The molecule has 0 heterocycles. The number of nitrogens with two attached hydrogens (primary N) is 1. The highest BCUT2D eigenvalue weighted by atomic mass is 16.5. The molecule has 1 atom stereocenters. The number of hydrogen-bond donors (Lipinski definition) is 5. The molecule has 0 radical (unpaired) electrons. The van der Waals surface area contributed by atoms with Crippen molar-refractivity contribution in [3.63, 3.8) is 0 Å². The van der Waals surface area contributed by atoms with Crippen LogP contribution in [0.2, 0.25) is 0 Å². The van der Waals surface area contributed by atoms with Gasteiger partial charge in [-0.3, -0.25) is 19.2 Å². The number of rotatable bonds is 9. The minimum Gasteiger partial charge on any atom is -0.496 e. The molecule has 0 aromatic heterocycles. The van der Waals surface area contributed by atoms with Crippen LogP contribution in [0.4, 0.5) is 5.69 Å². The van der Waals surface area contributed by atoms with Crippen molar-refractivity contribution < 1.29 is 29.0 Å². The molecule has 0 aliphatic carbocycles. The number of nitrogens with one attached hydrogen (secondary N) is 3. The maximum atomic E-state index is 12.1. The molecule has 0 saturated heterocycles. The van der Waals surface area contributed by atoms with Gasteiger partial charge in [-0.15, -0.1) is 0 Å². The molecule has 10 nitrogen and oxygen atoms in total. The second-order valence-corrected chi connectivity index (χ2v) is 7.28. The van der Waals surface area contributed by atoms with Crippen molar-refractivity contribution in [2.75, 3.05) is 25.5 Å². The molecular formula is C22H30N4O6. The summed E-state index contributed by atoms with van der Waals surface area (Å²) in [7, 11) is 1.56. The van der Waals surface area contributed by atoms with Crippen LogP contribution in [0, 0.1) is 5.92 Å². The second-order valence-electron chi connectivity index (χ2n) is 7.28. The molecule has 0 fully saturated rings. The summed E-state index contributed by atoms with van der Waals surface area (Å²) in [5.74, 6) is -0.327. The van der Waals surface area contributed by atoms with Crippen molar-refractivity contribution in [1.29, 1.82) is 0 Å². The Hall–Kier alpha value is -3.66. The second kappa shape index (κ2) is 13.6. The van der Waals surface area contributed by atoms with Gasteiger partial charge in [-0.05, 0) is 23.8 Å². The highest BCUT2D eigenvalue weighted by Gasteiger charge is 2.16. The Balaban J connectivity index is 0.00000161. The largest absolute Gasteiger partial charge is 0.496 e. The van der Waals surface area contributed by atoms with E-state index >= 15 is 0 Å². The van der Waals surface area contributed by atoms with Gasteiger partial charge in [-0.2, -0.15) is 0 Å². The fourth-order valence-corrected chi connectivity index (χ4v) is 2.88. The number of methoxy groups -OCH3 is 1. The standard InChI is InChI=1S/C21H28N4O4.CH2O2/c1-13(2)8-17(22)21(28)24-11-19(26)23-12-20(27)25-15-9-14-6-4-5-7-16(14)18(10-15)29-3;2-1-3/h4-7,9-10,13,17H,8,11-12,22H2,1-3H3,(H,23,26)(H,24,28)(H,25,27);1H,(H,2,3). The van der Waals surface area contributed by atoms with Gasteiger partial charge in [0.1, 0.15) is 5.75 Å². The molecule has 32 heavy (non-hydrogen) atoms. The van der Waals surface area contributed by atoms with Crippen molar-refractivity contribution in [2.45, 2.75) is 26.3 Å². The number of carbonyl (C=O) groups is 4. The Labute approximate surface area is 186 Å². The molecule has 2 rings (SSSR count). The highest BCUT2D eigenvalue weighted by molar-refractivity contribution is 5.99. The van der Waals surface area contributed by atoms with Gasteiger partial charge >= 0.3 is 0 Å². The van der Waals surface area contributed by atoms with Gasteiger partial charge in [0.15, 0.2) is 0 Å². The van der Waals surface area contributed by atoms with Crippen LogP contribution in [0.15, 0.2) is 36.4 Å². The van der Waals surface area contributed by atoms with E-state index in [1.807, 2.05) is 44.2 Å². The Morgan fingerprint density at radius 3 is 2.34 bits per heavy atom. The highest BCUT2D eigenvalue weighted by Crippen LogP contribution is 2.29. The fraction of sp³-hybridized carbons (Fsp3) is 0.364. The van der Waals surface area contributed by atoms with Gasteiger partial charge < -0.3 is 31.5 Å². The van der Waals surface area contributed by atoms with Crippen molar-refractivity contribution in [3.05, 3.63) is 36.4 Å². The summed E-state index contributed by atoms with van der Waals surface area (Å²) in [6.45, 7) is 3.22. The molecule has 0 aliphatic heterocycles. The number of carboxylic acid groups (broad SMARTS) is 1. The van der Waals surface area contributed by atoms with E-state index in [0.29, 0.717) is 17.9 Å². The maximum absolute atomic E-state index is 12.1. The number of hydrogen-bond acceptors (Lipinski definition) is 6. The lowest BCUT2D eigenvalue weighted by Gasteiger charge is -2.14. The molecule has 0 bridgehead atoms. The van der Waals surface area contributed by atoms with Crippen LogP contribution in [-0.4, -0.2) is 55.5 Å². The average Bonchev–Trinajstić information content (AvgIpc) is 2.75.